The van der Waals surface area contributed by atoms with Crippen LogP contribution >= 0.6 is 0 Å². The van der Waals surface area contributed by atoms with Gasteiger partial charge in [-0.2, -0.15) is 0 Å². The molecule has 15 heavy (non-hydrogen) atoms. The van der Waals surface area contributed by atoms with Crippen molar-refractivity contribution < 1.29 is 13.6 Å². The van der Waals surface area contributed by atoms with Crippen LogP contribution in [0.25, 0.3) is 0 Å². The van der Waals surface area contributed by atoms with E-state index < -0.39 is 11.6 Å². The Morgan fingerprint density at radius 3 is 2.53 bits per heavy atom. The van der Waals surface area contributed by atoms with E-state index >= 15 is 0 Å². The van der Waals surface area contributed by atoms with Gasteiger partial charge in [0.25, 0.3) is 0 Å². The smallest absolute Gasteiger partial charge is 0.171 e. The monoisotopic (exact) mass is 210 g/mol. The zero-order chi connectivity index (χ0) is 11.0. The molecule has 1 aromatic rings. The molecule has 1 aliphatic carbocycles. The molecule has 0 atom stereocenters. The molecule has 0 heterocycles. The van der Waals surface area contributed by atoms with Gasteiger partial charge in [0, 0.05) is 5.92 Å². The van der Waals surface area contributed by atoms with Crippen LogP contribution < -0.4 is 0 Å². The molecule has 0 unspecified atom stereocenters. The number of ketones is 1. The van der Waals surface area contributed by atoms with Crippen molar-refractivity contribution in [1.29, 1.82) is 0 Å². The first kappa shape index (κ1) is 10.3. The number of benzene rings is 1. The van der Waals surface area contributed by atoms with E-state index in [2.05, 4.69) is 0 Å². The van der Waals surface area contributed by atoms with Gasteiger partial charge in [-0.05, 0) is 31.4 Å². The lowest BCUT2D eigenvalue weighted by Gasteiger charge is -2.24. The number of carbonyl (C=O) groups excluding carboxylic acids is 1. The first-order chi connectivity index (χ1) is 7.11. The Morgan fingerprint density at radius 1 is 1.33 bits per heavy atom. The first-order valence-electron chi connectivity index (χ1n) is 5.10. The minimum absolute atomic E-state index is 0.171. The highest BCUT2D eigenvalue weighted by Crippen LogP contribution is 2.31. The summed E-state index contributed by atoms with van der Waals surface area (Å²) in [6.45, 7) is 1.53. The Kier molecular flexibility index (Phi) is 2.55. The SMILES string of the molecule is Cc1ccc(F)c(C(=O)C2CCC2)c1F. The summed E-state index contributed by atoms with van der Waals surface area (Å²) in [5, 5.41) is 0. The number of aryl methyl sites for hydroxylation is 1. The molecule has 0 N–H and O–H groups in total. The van der Waals surface area contributed by atoms with Gasteiger partial charge in [0.15, 0.2) is 5.78 Å². The minimum atomic E-state index is -0.741. The van der Waals surface area contributed by atoms with Crippen molar-refractivity contribution >= 4 is 5.78 Å². The molecule has 3 heteroatoms. The maximum Gasteiger partial charge on any atom is 0.171 e. The Balaban J connectivity index is 2.41. The summed E-state index contributed by atoms with van der Waals surface area (Å²) in [5.41, 5.74) is -0.0289. The van der Waals surface area contributed by atoms with Crippen LogP contribution in [0.5, 0.6) is 0 Å². The second-order valence-electron chi connectivity index (χ2n) is 4.05. The minimum Gasteiger partial charge on any atom is -0.294 e. The van der Waals surface area contributed by atoms with Crippen molar-refractivity contribution in [3.05, 3.63) is 34.9 Å². The van der Waals surface area contributed by atoms with E-state index in [0.717, 1.165) is 25.3 Å². The predicted molar refractivity (Wildman–Crippen MR) is 52.8 cm³/mol. The molecule has 0 aliphatic heterocycles. The first-order valence-corrected chi connectivity index (χ1v) is 5.10. The third-order valence-corrected chi connectivity index (χ3v) is 3.01. The normalized spacial score (nSPS) is 16.2. The molecule has 1 nitrogen and oxygen atoms in total. The average molecular weight is 210 g/mol. The standard InChI is InChI=1S/C12H12F2O/c1-7-5-6-9(13)10(11(7)14)12(15)8-3-2-4-8/h5-6,8H,2-4H2,1H3. The van der Waals surface area contributed by atoms with Crippen molar-refractivity contribution in [1.82, 2.24) is 0 Å². The summed E-state index contributed by atoms with van der Waals surface area (Å²) in [7, 11) is 0. The molecule has 2 rings (SSSR count). The summed E-state index contributed by atoms with van der Waals surface area (Å²) < 4.78 is 26.9. The second kappa shape index (κ2) is 3.72. The fourth-order valence-electron chi connectivity index (χ4n) is 1.76. The third kappa shape index (κ3) is 1.66. The van der Waals surface area contributed by atoms with Gasteiger partial charge in [0.1, 0.15) is 11.6 Å². The molecule has 0 amide bonds. The lowest BCUT2D eigenvalue weighted by atomic mass is 9.79. The van der Waals surface area contributed by atoms with Gasteiger partial charge in [-0.25, -0.2) is 8.78 Å². The zero-order valence-electron chi connectivity index (χ0n) is 8.52. The Bertz CT molecular complexity index is 408. The van der Waals surface area contributed by atoms with E-state index in [4.69, 9.17) is 0 Å². The second-order valence-corrected chi connectivity index (χ2v) is 4.05. The summed E-state index contributed by atoms with van der Waals surface area (Å²) >= 11 is 0. The van der Waals surface area contributed by atoms with Gasteiger partial charge >= 0.3 is 0 Å². The van der Waals surface area contributed by atoms with Crippen LogP contribution in [0, 0.1) is 24.5 Å². The van der Waals surface area contributed by atoms with Crippen LogP contribution in [-0.2, 0) is 0 Å². The Labute approximate surface area is 87.1 Å². The molecule has 1 fully saturated rings. The van der Waals surface area contributed by atoms with E-state index in [1.807, 2.05) is 0 Å². The van der Waals surface area contributed by atoms with Crippen molar-refractivity contribution in [2.24, 2.45) is 5.92 Å². The Hall–Kier alpha value is -1.25. The number of rotatable bonds is 2. The lowest BCUT2D eigenvalue weighted by molar-refractivity contribution is 0.0846. The number of halogens is 2. The molecule has 0 spiro atoms. The van der Waals surface area contributed by atoms with Crippen molar-refractivity contribution in [2.45, 2.75) is 26.2 Å². The average Bonchev–Trinajstić information content (AvgIpc) is 2.09. The summed E-state index contributed by atoms with van der Waals surface area (Å²) in [5.74, 6) is -1.99. The molecular formula is C12H12F2O. The highest BCUT2D eigenvalue weighted by Gasteiger charge is 2.30. The van der Waals surface area contributed by atoms with Crippen LogP contribution in [-0.4, -0.2) is 5.78 Å². The van der Waals surface area contributed by atoms with Crippen LogP contribution in [0.15, 0.2) is 12.1 Å². The summed E-state index contributed by atoms with van der Waals surface area (Å²) in [6.07, 6.45) is 2.49. The molecular weight excluding hydrogens is 198 g/mol. The van der Waals surface area contributed by atoms with Gasteiger partial charge in [0.05, 0.1) is 5.56 Å². The molecule has 0 saturated heterocycles. The fraction of sp³-hybridized carbons (Fsp3) is 0.417. The molecule has 1 saturated carbocycles. The number of hydrogen-bond acceptors (Lipinski definition) is 1. The van der Waals surface area contributed by atoms with Crippen LogP contribution in [0.2, 0.25) is 0 Å². The molecule has 0 radical (unpaired) electrons. The summed E-state index contributed by atoms with van der Waals surface area (Å²) in [4.78, 5) is 11.7. The van der Waals surface area contributed by atoms with E-state index in [0.29, 0.717) is 5.56 Å². The van der Waals surface area contributed by atoms with Gasteiger partial charge in [-0.1, -0.05) is 12.5 Å². The van der Waals surface area contributed by atoms with Crippen molar-refractivity contribution in [3.8, 4) is 0 Å². The van der Waals surface area contributed by atoms with Gasteiger partial charge in [-0.3, -0.25) is 4.79 Å². The third-order valence-electron chi connectivity index (χ3n) is 3.01. The number of carbonyl (C=O) groups is 1. The largest absolute Gasteiger partial charge is 0.294 e. The Morgan fingerprint density at radius 2 is 2.00 bits per heavy atom. The molecule has 1 aliphatic rings. The maximum absolute atomic E-state index is 13.6. The van der Waals surface area contributed by atoms with E-state index in [9.17, 15) is 13.6 Å². The van der Waals surface area contributed by atoms with Crippen molar-refractivity contribution in [3.63, 3.8) is 0 Å². The highest BCUT2D eigenvalue weighted by molar-refractivity contribution is 5.99. The number of hydrogen-bond donors (Lipinski definition) is 0. The van der Waals surface area contributed by atoms with Gasteiger partial charge in [0.2, 0.25) is 0 Å². The van der Waals surface area contributed by atoms with Gasteiger partial charge < -0.3 is 0 Å². The lowest BCUT2D eigenvalue weighted by Crippen LogP contribution is -2.24. The van der Waals surface area contributed by atoms with E-state index in [1.54, 1.807) is 0 Å². The summed E-state index contributed by atoms with van der Waals surface area (Å²) in [6, 6.07) is 2.51. The van der Waals surface area contributed by atoms with E-state index in [1.165, 1.54) is 13.0 Å². The van der Waals surface area contributed by atoms with Crippen LogP contribution in [0.3, 0.4) is 0 Å². The molecule has 0 bridgehead atoms. The number of Topliss-reactive ketones (excluding diaryl/α,β-unsaturated/α-hetero) is 1. The highest BCUT2D eigenvalue weighted by atomic mass is 19.1. The van der Waals surface area contributed by atoms with Crippen molar-refractivity contribution in [2.75, 3.05) is 0 Å². The molecule has 1 aromatic carbocycles. The topological polar surface area (TPSA) is 17.1 Å². The van der Waals surface area contributed by atoms with Crippen LogP contribution in [0.4, 0.5) is 8.78 Å². The zero-order valence-corrected chi connectivity index (χ0v) is 8.52. The molecule has 80 valence electrons. The van der Waals surface area contributed by atoms with E-state index in [-0.39, 0.29) is 17.3 Å². The maximum atomic E-state index is 13.6. The fourth-order valence-corrected chi connectivity index (χ4v) is 1.76. The van der Waals surface area contributed by atoms with Gasteiger partial charge in [-0.15, -0.1) is 0 Å². The molecule has 0 aromatic heterocycles. The predicted octanol–water partition coefficient (Wildman–Crippen LogP) is 3.26. The quantitative estimate of drug-likeness (QED) is 0.685. The van der Waals surface area contributed by atoms with Crippen LogP contribution in [0.1, 0.15) is 35.2 Å².